The predicted molar refractivity (Wildman–Crippen MR) is 129 cm³/mol. The van der Waals surface area contributed by atoms with Crippen LogP contribution >= 0.6 is 0 Å². The van der Waals surface area contributed by atoms with Gasteiger partial charge in [-0.15, -0.1) is 0 Å². The largest absolute Gasteiger partial charge is 0.493 e. The summed E-state index contributed by atoms with van der Waals surface area (Å²) in [5.74, 6) is 5.96. The molecular weight excluding hydrogens is 471 g/mol. The monoisotopic (exact) mass is 490 g/mol. The Hall–Kier alpha value is -4.29. The molecule has 1 nitrogen and oxygen atoms in total. The first kappa shape index (κ1) is 24.8. The van der Waals surface area contributed by atoms with Gasteiger partial charge in [0.25, 0.3) is 0 Å². The van der Waals surface area contributed by atoms with E-state index in [-0.39, 0.29) is 21.9 Å². The van der Waals surface area contributed by atoms with Crippen molar-refractivity contribution >= 4 is 10.8 Å². The zero-order chi connectivity index (χ0) is 25.7. The van der Waals surface area contributed by atoms with Crippen LogP contribution in [0.1, 0.15) is 42.0 Å². The quantitative estimate of drug-likeness (QED) is 0.124. The molecule has 0 saturated carbocycles. The number of ether oxygens (including phenoxy) is 1. The first-order valence-electron chi connectivity index (χ1n) is 11.2. The summed E-state index contributed by atoms with van der Waals surface area (Å²) in [6.07, 6.45) is 1.85. The standard InChI is InChI=1S/C30H19F5O/c1-2-3-14-36-24-12-11-22(27(32)18-24)10-6-20-5-9-21(26(31)16-20)8-4-19-7-13-25-23(15-19)17-28(33)30(35)29(25)34/h5,7,9,11-13,15-18H,2-3,14H2,1H3. The lowest BCUT2D eigenvalue weighted by Crippen LogP contribution is -1.97. The van der Waals surface area contributed by atoms with Crippen molar-refractivity contribution in [2.45, 2.75) is 19.8 Å². The molecule has 180 valence electrons. The SMILES string of the molecule is CCCCOc1ccc(C#Cc2ccc(C#Cc3ccc4c(F)c(F)c(F)cc4c3)c(F)c2)c(F)c1. The Bertz CT molecular complexity index is 1570. The Morgan fingerprint density at radius 1 is 0.639 bits per heavy atom. The molecule has 0 aliphatic heterocycles. The summed E-state index contributed by atoms with van der Waals surface area (Å²) in [5, 5.41) is 0.0562. The molecule has 36 heavy (non-hydrogen) atoms. The zero-order valence-electron chi connectivity index (χ0n) is 19.2. The number of hydrogen-bond acceptors (Lipinski definition) is 1. The zero-order valence-corrected chi connectivity index (χ0v) is 19.2. The van der Waals surface area contributed by atoms with Crippen LogP contribution in [0.4, 0.5) is 22.0 Å². The Morgan fingerprint density at radius 3 is 1.94 bits per heavy atom. The van der Waals surface area contributed by atoms with Crippen LogP contribution in [0.3, 0.4) is 0 Å². The molecule has 0 aliphatic carbocycles. The number of halogens is 5. The van der Waals surface area contributed by atoms with Gasteiger partial charge in [-0.05, 0) is 60.3 Å². The molecule has 0 aliphatic rings. The molecule has 0 amide bonds. The van der Waals surface area contributed by atoms with Crippen molar-refractivity contribution < 1.29 is 26.7 Å². The number of benzene rings is 4. The average molecular weight is 490 g/mol. The Balaban J connectivity index is 1.51. The first-order valence-corrected chi connectivity index (χ1v) is 11.2. The van der Waals surface area contributed by atoms with Crippen LogP contribution in [-0.4, -0.2) is 6.61 Å². The van der Waals surface area contributed by atoms with Crippen molar-refractivity contribution in [3.8, 4) is 29.4 Å². The highest BCUT2D eigenvalue weighted by molar-refractivity contribution is 5.84. The van der Waals surface area contributed by atoms with E-state index >= 15 is 0 Å². The number of unbranched alkanes of at least 4 members (excludes halogenated alkanes) is 1. The molecule has 0 N–H and O–H groups in total. The Kier molecular flexibility index (Phi) is 7.56. The minimum Gasteiger partial charge on any atom is -0.493 e. The normalized spacial score (nSPS) is 10.4. The summed E-state index contributed by atoms with van der Waals surface area (Å²) in [4.78, 5) is 0. The molecule has 0 heterocycles. The highest BCUT2D eigenvalue weighted by Gasteiger charge is 2.13. The highest BCUT2D eigenvalue weighted by Crippen LogP contribution is 2.24. The van der Waals surface area contributed by atoms with Crippen LogP contribution < -0.4 is 4.74 Å². The number of rotatable bonds is 4. The van der Waals surface area contributed by atoms with Crippen LogP contribution in [-0.2, 0) is 0 Å². The van der Waals surface area contributed by atoms with Gasteiger partial charge in [-0.1, -0.05) is 43.1 Å². The molecular formula is C30H19F5O. The third-order valence-electron chi connectivity index (χ3n) is 5.33. The molecule has 0 spiro atoms. The molecule has 0 saturated heterocycles. The van der Waals surface area contributed by atoms with Crippen molar-refractivity contribution in [2.24, 2.45) is 0 Å². The van der Waals surface area contributed by atoms with E-state index in [9.17, 15) is 22.0 Å². The summed E-state index contributed by atoms with van der Waals surface area (Å²) in [7, 11) is 0. The van der Waals surface area contributed by atoms with Gasteiger partial charge >= 0.3 is 0 Å². The van der Waals surface area contributed by atoms with Crippen LogP contribution in [0.25, 0.3) is 10.8 Å². The summed E-state index contributed by atoms with van der Waals surface area (Å²) >= 11 is 0. The fourth-order valence-electron chi connectivity index (χ4n) is 3.38. The van der Waals surface area contributed by atoms with Crippen LogP contribution in [0, 0.1) is 52.8 Å². The lowest BCUT2D eigenvalue weighted by molar-refractivity contribution is 0.308. The molecule has 6 heteroatoms. The maximum atomic E-state index is 14.6. The van der Waals surface area contributed by atoms with Gasteiger partial charge in [0.05, 0.1) is 17.7 Å². The van der Waals surface area contributed by atoms with Crippen LogP contribution in [0.5, 0.6) is 5.75 Å². The van der Waals surface area contributed by atoms with Crippen molar-refractivity contribution in [1.82, 2.24) is 0 Å². The van der Waals surface area contributed by atoms with E-state index in [0.29, 0.717) is 23.5 Å². The smallest absolute Gasteiger partial charge is 0.195 e. The second kappa shape index (κ2) is 11.0. The van der Waals surface area contributed by atoms with Crippen molar-refractivity contribution in [1.29, 1.82) is 0 Å². The maximum absolute atomic E-state index is 14.6. The lowest BCUT2D eigenvalue weighted by atomic mass is 10.1. The third-order valence-corrected chi connectivity index (χ3v) is 5.33. The molecule has 0 unspecified atom stereocenters. The van der Waals surface area contributed by atoms with Gasteiger partial charge in [0.1, 0.15) is 17.4 Å². The van der Waals surface area contributed by atoms with E-state index in [1.807, 2.05) is 6.92 Å². The lowest BCUT2D eigenvalue weighted by Gasteiger charge is -2.05. The van der Waals surface area contributed by atoms with Gasteiger partial charge in [0.2, 0.25) is 0 Å². The Morgan fingerprint density at radius 2 is 1.28 bits per heavy atom. The van der Waals surface area contributed by atoms with Gasteiger partial charge in [0.15, 0.2) is 17.5 Å². The van der Waals surface area contributed by atoms with Crippen molar-refractivity contribution in [3.63, 3.8) is 0 Å². The van der Waals surface area contributed by atoms with Gasteiger partial charge in [-0.3, -0.25) is 0 Å². The van der Waals surface area contributed by atoms with E-state index < -0.39 is 29.1 Å². The highest BCUT2D eigenvalue weighted by atomic mass is 19.2. The predicted octanol–water partition coefficient (Wildman–Crippen LogP) is 7.51. The fourth-order valence-corrected chi connectivity index (χ4v) is 3.38. The van der Waals surface area contributed by atoms with Crippen LogP contribution in [0.2, 0.25) is 0 Å². The van der Waals surface area contributed by atoms with E-state index in [0.717, 1.165) is 18.9 Å². The average Bonchev–Trinajstić information content (AvgIpc) is 2.86. The van der Waals surface area contributed by atoms with Crippen LogP contribution in [0.15, 0.2) is 60.7 Å². The topological polar surface area (TPSA) is 9.23 Å². The molecule has 0 fully saturated rings. The van der Waals surface area contributed by atoms with Gasteiger partial charge < -0.3 is 4.74 Å². The Labute approximate surface area is 205 Å². The summed E-state index contributed by atoms with van der Waals surface area (Å²) in [5.41, 5.74) is 0.941. The molecule has 0 radical (unpaired) electrons. The molecule has 4 rings (SSSR count). The van der Waals surface area contributed by atoms with Gasteiger partial charge in [-0.2, -0.15) is 0 Å². The maximum Gasteiger partial charge on any atom is 0.195 e. The molecule has 4 aromatic rings. The second-order valence-corrected chi connectivity index (χ2v) is 7.96. The number of fused-ring (bicyclic) bond motifs is 1. The van der Waals surface area contributed by atoms with Gasteiger partial charge in [0, 0.05) is 22.6 Å². The molecule has 0 aromatic heterocycles. The van der Waals surface area contributed by atoms with E-state index in [1.54, 1.807) is 12.1 Å². The van der Waals surface area contributed by atoms with E-state index in [4.69, 9.17) is 4.74 Å². The van der Waals surface area contributed by atoms with E-state index in [1.165, 1.54) is 42.5 Å². The fraction of sp³-hybridized carbons (Fsp3) is 0.133. The number of hydrogen-bond donors (Lipinski definition) is 0. The summed E-state index contributed by atoms with van der Waals surface area (Å²) in [6.45, 7) is 2.54. The molecule has 0 atom stereocenters. The van der Waals surface area contributed by atoms with Gasteiger partial charge in [-0.25, -0.2) is 22.0 Å². The van der Waals surface area contributed by atoms with Crippen molar-refractivity contribution in [2.75, 3.05) is 6.61 Å². The molecule has 4 aromatic carbocycles. The second-order valence-electron chi connectivity index (χ2n) is 7.96. The summed E-state index contributed by atoms with van der Waals surface area (Å²) < 4.78 is 75.1. The molecule has 0 bridgehead atoms. The minimum absolute atomic E-state index is 0.0800. The third kappa shape index (κ3) is 5.67. The minimum atomic E-state index is -1.54. The van der Waals surface area contributed by atoms with Crippen molar-refractivity contribution in [3.05, 3.63) is 112 Å². The van der Waals surface area contributed by atoms with E-state index in [2.05, 4.69) is 23.7 Å². The first-order chi connectivity index (χ1) is 17.4. The summed E-state index contributed by atoms with van der Waals surface area (Å²) in [6, 6.07) is 13.6.